The van der Waals surface area contributed by atoms with Crippen LogP contribution in [0.15, 0.2) is 62.4 Å². The van der Waals surface area contributed by atoms with Crippen LogP contribution in [0.25, 0.3) is 0 Å². The zero-order valence-corrected chi connectivity index (χ0v) is 13.8. The van der Waals surface area contributed by atoms with Gasteiger partial charge < -0.3 is 0 Å². The van der Waals surface area contributed by atoms with Gasteiger partial charge in [-0.2, -0.15) is 0 Å². The van der Waals surface area contributed by atoms with Gasteiger partial charge in [-0.05, 0) is 40.2 Å². The monoisotopic (exact) mass is 400 g/mol. The molecule has 2 aromatic carbocycles. The molecule has 2 nitrogen and oxygen atoms in total. The summed E-state index contributed by atoms with van der Waals surface area (Å²) < 4.78 is 13.8. The lowest BCUT2D eigenvalue weighted by Crippen LogP contribution is -2.11. The zero-order valence-electron chi connectivity index (χ0n) is 9.81. The van der Waals surface area contributed by atoms with Crippen molar-refractivity contribution in [2.75, 3.05) is 5.75 Å². The molecule has 0 spiro atoms. The highest BCUT2D eigenvalue weighted by atomic mass is 79.9. The van der Waals surface area contributed by atoms with E-state index in [1.165, 1.54) is 0 Å². The van der Waals surface area contributed by atoms with E-state index in [4.69, 9.17) is 0 Å². The normalized spacial score (nSPS) is 12.1. The maximum atomic E-state index is 12.2. The van der Waals surface area contributed by atoms with Crippen molar-refractivity contribution in [2.45, 2.75) is 4.90 Å². The molecular weight excluding hydrogens is 392 g/mol. The highest BCUT2D eigenvalue weighted by Gasteiger charge is 2.14. The number of hydrogen-bond acceptors (Lipinski definition) is 2. The minimum atomic E-state index is -1.34. The second kappa shape index (κ2) is 6.59. The van der Waals surface area contributed by atoms with Crippen molar-refractivity contribution in [1.29, 1.82) is 0 Å². The molecule has 0 aliphatic heterocycles. The lowest BCUT2D eigenvalue weighted by atomic mass is 10.2. The molecule has 2 rings (SSSR count). The van der Waals surface area contributed by atoms with Gasteiger partial charge in [0, 0.05) is 14.5 Å². The number of carbonyl (C=O) groups excluding carboxylic acids is 1. The van der Waals surface area contributed by atoms with E-state index in [9.17, 15) is 9.00 Å². The summed E-state index contributed by atoms with van der Waals surface area (Å²) >= 11 is 6.66. The molecule has 0 aliphatic rings. The Morgan fingerprint density at radius 2 is 1.63 bits per heavy atom. The molecule has 98 valence electrons. The average Bonchev–Trinajstić information content (AvgIpc) is 2.39. The van der Waals surface area contributed by atoms with Crippen molar-refractivity contribution >= 4 is 48.4 Å². The third-order valence-electron chi connectivity index (χ3n) is 2.51. The minimum absolute atomic E-state index is 0.00968. The van der Waals surface area contributed by atoms with Gasteiger partial charge in [-0.1, -0.05) is 40.2 Å². The smallest absolute Gasteiger partial charge is 0.175 e. The predicted octanol–water partition coefficient (Wildman–Crippen LogP) is 4.20. The minimum Gasteiger partial charge on any atom is -0.293 e. The standard InChI is InChI=1S/C14H10Br2O2S/c15-11-7-5-10(6-8-11)13(17)9-19(18)14-4-2-1-3-12(14)16/h1-8H,9H2. The van der Waals surface area contributed by atoms with Crippen LogP contribution in [0.5, 0.6) is 0 Å². The molecule has 2 aromatic rings. The first kappa shape index (κ1) is 14.6. The van der Waals surface area contributed by atoms with Crippen LogP contribution in [0.3, 0.4) is 0 Å². The maximum absolute atomic E-state index is 12.2. The van der Waals surface area contributed by atoms with Gasteiger partial charge in [0.15, 0.2) is 5.78 Å². The lowest BCUT2D eigenvalue weighted by Gasteiger charge is -2.04. The fourth-order valence-corrected chi connectivity index (χ4v) is 3.71. The molecule has 0 saturated carbocycles. The molecule has 0 fully saturated rings. The van der Waals surface area contributed by atoms with Crippen molar-refractivity contribution < 1.29 is 9.00 Å². The Labute approximate surface area is 130 Å². The van der Waals surface area contributed by atoms with Gasteiger partial charge in [0.2, 0.25) is 0 Å². The first-order valence-electron chi connectivity index (χ1n) is 5.49. The van der Waals surface area contributed by atoms with Gasteiger partial charge in [-0.15, -0.1) is 0 Å². The molecule has 0 aliphatic carbocycles. The van der Waals surface area contributed by atoms with Gasteiger partial charge in [-0.3, -0.25) is 9.00 Å². The number of hydrogen-bond donors (Lipinski definition) is 0. The summed E-state index contributed by atoms with van der Waals surface area (Å²) in [5.74, 6) is -0.133. The van der Waals surface area contributed by atoms with Crippen LogP contribution in [0.1, 0.15) is 10.4 Å². The molecule has 0 N–H and O–H groups in total. The average molecular weight is 402 g/mol. The zero-order chi connectivity index (χ0) is 13.8. The molecule has 5 heteroatoms. The van der Waals surface area contributed by atoms with Crippen LogP contribution in [-0.4, -0.2) is 15.7 Å². The van der Waals surface area contributed by atoms with Crippen molar-refractivity contribution in [1.82, 2.24) is 0 Å². The summed E-state index contributed by atoms with van der Waals surface area (Å²) in [5, 5.41) is 0. The van der Waals surface area contributed by atoms with E-state index in [-0.39, 0.29) is 11.5 Å². The molecule has 0 saturated heterocycles. The Bertz CT molecular complexity index is 624. The lowest BCUT2D eigenvalue weighted by molar-refractivity contribution is 0.102. The van der Waals surface area contributed by atoms with Crippen LogP contribution in [-0.2, 0) is 10.8 Å². The summed E-state index contributed by atoms with van der Waals surface area (Å²) in [6.07, 6.45) is 0. The Morgan fingerprint density at radius 1 is 1.00 bits per heavy atom. The molecule has 1 atom stereocenters. The molecule has 0 amide bonds. The van der Waals surface area contributed by atoms with Crippen LogP contribution in [0.4, 0.5) is 0 Å². The Hall–Kier alpha value is -0.780. The second-order valence-electron chi connectivity index (χ2n) is 3.85. The molecule has 0 bridgehead atoms. The van der Waals surface area contributed by atoms with Gasteiger partial charge in [0.25, 0.3) is 0 Å². The van der Waals surface area contributed by atoms with Gasteiger partial charge in [0.05, 0.1) is 21.4 Å². The van der Waals surface area contributed by atoms with E-state index < -0.39 is 10.8 Å². The van der Waals surface area contributed by atoms with Gasteiger partial charge in [0.1, 0.15) is 0 Å². The number of benzene rings is 2. The summed E-state index contributed by atoms with van der Waals surface area (Å²) in [7, 11) is -1.34. The van der Waals surface area contributed by atoms with E-state index in [1.807, 2.05) is 18.2 Å². The Morgan fingerprint density at radius 3 is 2.26 bits per heavy atom. The van der Waals surface area contributed by atoms with Crippen LogP contribution >= 0.6 is 31.9 Å². The van der Waals surface area contributed by atoms with Crippen molar-refractivity contribution in [3.05, 3.63) is 63.0 Å². The number of halogens is 2. The van der Waals surface area contributed by atoms with E-state index in [0.717, 1.165) is 8.95 Å². The largest absolute Gasteiger partial charge is 0.293 e. The van der Waals surface area contributed by atoms with Crippen molar-refractivity contribution in [3.8, 4) is 0 Å². The third kappa shape index (κ3) is 3.84. The van der Waals surface area contributed by atoms with E-state index >= 15 is 0 Å². The Kier molecular flexibility index (Phi) is 5.07. The SMILES string of the molecule is O=C(CS(=O)c1ccccc1Br)c1ccc(Br)cc1. The number of carbonyl (C=O) groups is 1. The summed E-state index contributed by atoms with van der Waals surface area (Å²) in [6.45, 7) is 0. The molecular formula is C14H10Br2O2S. The van der Waals surface area contributed by atoms with Crippen LogP contribution < -0.4 is 0 Å². The first-order chi connectivity index (χ1) is 9.08. The molecule has 19 heavy (non-hydrogen) atoms. The van der Waals surface area contributed by atoms with Crippen LogP contribution in [0, 0.1) is 0 Å². The number of rotatable bonds is 4. The summed E-state index contributed by atoms with van der Waals surface area (Å²) in [6, 6.07) is 14.3. The van der Waals surface area contributed by atoms with Crippen molar-refractivity contribution in [3.63, 3.8) is 0 Å². The molecule has 0 radical (unpaired) electrons. The summed E-state index contributed by atoms with van der Waals surface area (Å²) in [5.41, 5.74) is 0.573. The van der Waals surface area contributed by atoms with Gasteiger partial charge in [-0.25, -0.2) is 0 Å². The van der Waals surface area contributed by atoms with Crippen LogP contribution in [0.2, 0.25) is 0 Å². The predicted molar refractivity (Wildman–Crippen MR) is 83.9 cm³/mol. The molecule has 0 heterocycles. The highest BCUT2D eigenvalue weighted by Crippen LogP contribution is 2.20. The molecule has 1 unspecified atom stereocenters. The van der Waals surface area contributed by atoms with Crippen molar-refractivity contribution in [2.24, 2.45) is 0 Å². The van der Waals surface area contributed by atoms with E-state index in [1.54, 1.807) is 30.3 Å². The molecule has 0 aromatic heterocycles. The highest BCUT2D eigenvalue weighted by molar-refractivity contribution is 9.10. The summed E-state index contributed by atoms with van der Waals surface area (Å²) in [4.78, 5) is 12.7. The number of ketones is 1. The van der Waals surface area contributed by atoms with E-state index in [2.05, 4.69) is 31.9 Å². The quantitative estimate of drug-likeness (QED) is 0.719. The third-order valence-corrected chi connectivity index (χ3v) is 5.36. The maximum Gasteiger partial charge on any atom is 0.175 e. The van der Waals surface area contributed by atoms with E-state index in [0.29, 0.717) is 10.5 Å². The topological polar surface area (TPSA) is 34.1 Å². The first-order valence-corrected chi connectivity index (χ1v) is 8.40. The van der Waals surface area contributed by atoms with Gasteiger partial charge >= 0.3 is 0 Å². The Balaban J connectivity index is 2.13. The fourth-order valence-electron chi connectivity index (χ4n) is 1.55. The number of Topliss-reactive ketones (excluding diaryl/α,β-unsaturated/α-hetero) is 1. The second-order valence-corrected chi connectivity index (χ2v) is 7.04. The fraction of sp³-hybridized carbons (Fsp3) is 0.0714.